The number of anilines is 1. The van der Waals surface area contributed by atoms with E-state index in [1.165, 1.54) is 6.42 Å². The van der Waals surface area contributed by atoms with Crippen LogP contribution in [0.2, 0.25) is 0 Å². The molecule has 0 spiro atoms. The summed E-state index contributed by atoms with van der Waals surface area (Å²) in [5, 5.41) is 5.21. The van der Waals surface area contributed by atoms with Crippen molar-refractivity contribution in [2.45, 2.75) is 70.5 Å². The van der Waals surface area contributed by atoms with Crippen LogP contribution < -0.4 is 10.2 Å². The molecule has 0 unspecified atom stereocenters. The number of carbonyl (C=O) groups excluding carboxylic acids is 3. The maximum absolute atomic E-state index is 13.5. The molecule has 1 aliphatic heterocycles. The normalized spacial score (nSPS) is 16.1. The molecule has 38 heavy (non-hydrogen) atoms. The first kappa shape index (κ1) is 26.4. The van der Waals surface area contributed by atoms with Crippen molar-refractivity contribution < 1.29 is 14.4 Å². The molecule has 1 N–H and O–H groups in total. The molecule has 3 aromatic rings. The molecule has 5 rings (SSSR count). The van der Waals surface area contributed by atoms with Crippen LogP contribution >= 0.6 is 15.9 Å². The number of benzene rings is 3. The maximum atomic E-state index is 13.5. The van der Waals surface area contributed by atoms with Crippen molar-refractivity contribution >= 4 is 50.1 Å². The second-order valence-corrected chi connectivity index (χ2v) is 11.3. The first-order chi connectivity index (χ1) is 18.4. The van der Waals surface area contributed by atoms with E-state index in [4.69, 9.17) is 0 Å². The molecule has 3 aromatic carbocycles. The molecule has 1 fully saturated rings. The van der Waals surface area contributed by atoms with Crippen LogP contribution in [0, 0.1) is 0 Å². The van der Waals surface area contributed by atoms with E-state index in [1.54, 1.807) is 9.80 Å². The molecule has 3 amide bonds. The average Bonchev–Trinajstić information content (AvgIpc) is 3.21. The van der Waals surface area contributed by atoms with Crippen molar-refractivity contribution in [3.05, 3.63) is 76.3 Å². The van der Waals surface area contributed by atoms with Gasteiger partial charge in [0.2, 0.25) is 11.8 Å². The third-order valence-corrected chi connectivity index (χ3v) is 8.34. The predicted octanol–water partition coefficient (Wildman–Crippen LogP) is 6.21. The Morgan fingerprint density at radius 1 is 1.03 bits per heavy atom. The molecule has 1 heterocycles. The highest BCUT2D eigenvalue weighted by atomic mass is 79.9. The van der Waals surface area contributed by atoms with Crippen LogP contribution in [0.3, 0.4) is 0 Å². The Hall–Kier alpha value is -3.19. The van der Waals surface area contributed by atoms with Crippen molar-refractivity contribution in [2.24, 2.45) is 0 Å². The highest BCUT2D eigenvalue weighted by Crippen LogP contribution is 2.37. The predicted molar refractivity (Wildman–Crippen MR) is 154 cm³/mol. The first-order valence-corrected chi connectivity index (χ1v) is 14.4. The number of rotatable bonds is 9. The summed E-state index contributed by atoms with van der Waals surface area (Å²) in [4.78, 5) is 43.3. The first-order valence-electron chi connectivity index (χ1n) is 13.6. The Bertz CT molecular complexity index is 1330. The van der Waals surface area contributed by atoms with E-state index < -0.39 is 6.04 Å². The molecular weight excluding hydrogens is 542 g/mol. The van der Waals surface area contributed by atoms with Crippen molar-refractivity contribution in [3.63, 3.8) is 0 Å². The lowest BCUT2D eigenvalue weighted by atomic mass is 9.95. The van der Waals surface area contributed by atoms with Gasteiger partial charge in [-0.1, -0.05) is 71.6 Å². The summed E-state index contributed by atoms with van der Waals surface area (Å²) in [5.74, 6) is -0.197. The second-order valence-electron chi connectivity index (χ2n) is 10.4. The van der Waals surface area contributed by atoms with Crippen LogP contribution in [0.4, 0.5) is 5.69 Å². The largest absolute Gasteiger partial charge is 0.352 e. The van der Waals surface area contributed by atoms with Gasteiger partial charge in [0.15, 0.2) is 0 Å². The lowest BCUT2D eigenvalue weighted by Gasteiger charge is -2.31. The molecule has 1 atom stereocenters. The van der Waals surface area contributed by atoms with E-state index in [0.29, 0.717) is 25.1 Å². The van der Waals surface area contributed by atoms with Crippen molar-refractivity contribution in [1.82, 2.24) is 10.2 Å². The lowest BCUT2D eigenvalue weighted by Crippen LogP contribution is -2.50. The van der Waals surface area contributed by atoms with Gasteiger partial charge in [0.25, 0.3) is 5.91 Å². The Balaban J connectivity index is 1.26. The average molecular weight is 577 g/mol. The summed E-state index contributed by atoms with van der Waals surface area (Å²) < 4.78 is 0.966. The minimum absolute atomic E-state index is 0.0174. The molecule has 2 aliphatic rings. The minimum Gasteiger partial charge on any atom is -0.352 e. The highest BCUT2D eigenvalue weighted by Gasteiger charge is 2.31. The number of hydrogen-bond acceptors (Lipinski definition) is 3. The molecular formula is C31H34BrN3O3. The third-order valence-electron chi connectivity index (χ3n) is 7.81. The Kier molecular flexibility index (Phi) is 8.12. The molecule has 6 nitrogen and oxygen atoms in total. The van der Waals surface area contributed by atoms with Gasteiger partial charge < -0.3 is 15.1 Å². The van der Waals surface area contributed by atoms with Gasteiger partial charge in [0, 0.05) is 41.0 Å². The summed E-state index contributed by atoms with van der Waals surface area (Å²) in [6, 6.07) is 19.2. The van der Waals surface area contributed by atoms with E-state index in [0.717, 1.165) is 52.2 Å². The van der Waals surface area contributed by atoms with E-state index in [2.05, 4.69) is 21.2 Å². The van der Waals surface area contributed by atoms with E-state index in [9.17, 15) is 14.4 Å². The van der Waals surface area contributed by atoms with Crippen molar-refractivity contribution in [3.8, 4) is 0 Å². The van der Waals surface area contributed by atoms with Gasteiger partial charge in [-0.25, -0.2) is 0 Å². The summed E-state index contributed by atoms with van der Waals surface area (Å²) in [6.45, 7) is 2.63. The number of carbonyl (C=O) groups is 3. The molecule has 7 heteroatoms. The van der Waals surface area contributed by atoms with E-state index in [-0.39, 0.29) is 30.2 Å². The zero-order valence-corrected chi connectivity index (χ0v) is 23.4. The monoisotopic (exact) mass is 575 g/mol. The van der Waals surface area contributed by atoms with Crippen LogP contribution in [-0.2, 0) is 16.1 Å². The Morgan fingerprint density at radius 2 is 1.74 bits per heavy atom. The summed E-state index contributed by atoms with van der Waals surface area (Å²) in [5.41, 5.74) is 2.59. The topological polar surface area (TPSA) is 69.7 Å². The Morgan fingerprint density at radius 3 is 2.47 bits per heavy atom. The third kappa shape index (κ3) is 5.63. The van der Waals surface area contributed by atoms with Gasteiger partial charge in [0.05, 0.1) is 5.69 Å². The summed E-state index contributed by atoms with van der Waals surface area (Å²) in [6.07, 6.45) is 6.25. The minimum atomic E-state index is -0.584. The zero-order chi connectivity index (χ0) is 26.6. The van der Waals surface area contributed by atoms with Gasteiger partial charge >= 0.3 is 0 Å². The second kappa shape index (κ2) is 11.7. The SMILES string of the molecule is C[C@@H](C(=O)NC1CCCCC1)N(Cc1ccc(Br)cc1)C(=O)CCCN1C(=O)c2cccc3cccc1c23. The van der Waals surface area contributed by atoms with Crippen LogP contribution in [0.5, 0.6) is 0 Å². The molecule has 0 aromatic heterocycles. The fourth-order valence-corrected chi connectivity index (χ4v) is 5.94. The molecule has 1 saturated carbocycles. The molecule has 0 saturated heterocycles. The number of nitrogens with zero attached hydrogens (tertiary/aromatic N) is 2. The van der Waals surface area contributed by atoms with Crippen molar-refractivity contribution in [2.75, 3.05) is 11.4 Å². The number of halogens is 1. The molecule has 198 valence electrons. The van der Waals surface area contributed by atoms with Gasteiger partial charge in [-0.3, -0.25) is 14.4 Å². The zero-order valence-electron chi connectivity index (χ0n) is 21.8. The van der Waals surface area contributed by atoms with Gasteiger partial charge in [-0.05, 0) is 61.4 Å². The Labute approximate surface area is 232 Å². The standard InChI is InChI=1S/C31H34BrN3O3/c1-21(30(37)33-25-10-3-2-4-11-25)35(20-22-15-17-24(32)18-16-22)28(36)14-7-19-34-27-13-6-9-23-8-5-12-26(29(23)27)31(34)38/h5-6,8-9,12-13,15-18,21,25H,2-4,7,10-11,14,19-20H2,1H3,(H,33,37)/t21-/m0/s1. The maximum Gasteiger partial charge on any atom is 0.258 e. The number of hydrogen-bond donors (Lipinski definition) is 1. The van der Waals surface area contributed by atoms with E-state index in [1.807, 2.05) is 67.6 Å². The van der Waals surface area contributed by atoms with Gasteiger partial charge in [-0.15, -0.1) is 0 Å². The smallest absolute Gasteiger partial charge is 0.258 e. The van der Waals surface area contributed by atoms with Crippen molar-refractivity contribution in [1.29, 1.82) is 0 Å². The molecule has 0 radical (unpaired) electrons. The van der Waals surface area contributed by atoms with Gasteiger partial charge in [-0.2, -0.15) is 0 Å². The van der Waals surface area contributed by atoms with Crippen LogP contribution in [0.1, 0.15) is 67.8 Å². The number of nitrogens with one attached hydrogen (secondary N) is 1. The van der Waals surface area contributed by atoms with E-state index >= 15 is 0 Å². The summed E-state index contributed by atoms with van der Waals surface area (Å²) in [7, 11) is 0. The van der Waals surface area contributed by atoms with Crippen LogP contribution in [-0.4, -0.2) is 41.2 Å². The van der Waals surface area contributed by atoms with Crippen LogP contribution in [0.25, 0.3) is 10.8 Å². The molecule has 0 bridgehead atoms. The van der Waals surface area contributed by atoms with Crippen LogP contribution in [0.15, 0.2) is 65.1 Å². The highest BCUT2D eigenvalue weighted by molar-refractivity contribution is 9.10. The fourth-order valence-electron chi connectivity index (χ4n) is 5.67. The van der Waals surface area contributed by atoms with Gasteiger partial charge in [0.1, 0.15) is 6.04 Å². The lowest BCUT2D eigenvalue weighted by molar-refractivity contribution is -0.141. The fraction of sp³-hybridized carbons (Fsp3) is 0.387. The molecule has 1 aliphatic carbocycles. The quantitative estimate of drug-likeness (QED) is 0.330. The number of amides is 3. The summed E-state index contributed by atoms with van der Waals surface area (Å²) >= 11 is 3.46.